The van der Waals surface area contributed by atoms with Gasteiger partial charge in [0.25, 0.3) is 0 Å². The summed E-state index contributed by atoms with van der Waals surface area (Å²) in [7, 11) is 0. The summed E-state index contributed by atoms with van der Waals surface area (Å²) in [5.74, 6) is -0.289. The van der Waals surface area contributed by atoms with Crippen LogP contribution in [-0.2, 0) is 33.2 Å². The van der Waals surface area contributed by atoms with Gasteiger partial charge in [-0.3, -0.25) is 4.79 Å². The molecule has 0 saturated carbocycles. The van der Waals surface area contributed by atoms with Crippen LogP contribution >= 0.6 is 0 Å². The number of rotatable bonds is 51. The summed E-state index contributed by atoms with van der Waals surface area (Å²) < 4.78 is 34.2. The molecule has 514 valence electrons. The third kappa shape index (κ3) is 33.6. The van der Waals surface area contributed by atoms with Crippen molar-refractivity contribution in [2.75, 3.05) is 26.4 Å². The van der Waals surface area contributed by atoms with E-state index in [1.807, 2.05) is 6.08 Å². The number of aliphatic hydroxyl groups is 11. The number of allylic oxidation sites excluding steroid dienone is 13. The highest BCUT2D eigenvalue weighted by Gasteiger charge is 2.53. The van der Waals surface area contributed by atoms with Crippen molar-refractivity contribution in [3.63, 3.8) is 0 Å². The maximum atomic E-state index is 13.4. The van der Waals surface area contributed by atoms with E-state index in [-0.39, 0.29) is 18.9 Å². The molecule has 89 heavy (non-hydrogen) atoms. The van der Waals surface area contributed by atoms with E-state index in [2.05, 4.69) is 92.1 Å². The second kappa shape index (κ2) is 51.4. The Labute approximate surface area is 533 Å². The van der Waals surface area contributed by atoms with Crippen molar-refractivity contribution in [1.29, 1.82) is 0 Å². The Morgan fingerprint density at radius 3 is 1.26 bits per heavy atom. The van der Waals surface area contributed by atoms with Crippen LogP contribution in [0.5, 0.6) is 0 Å². The Morgan fingerprint density at radius 2 is 0.787 bits per heavy atom. The maximum Gasteiger partial charge on any atom is 0.220 e. The van der Waals surface area contributed by atoms with Gasteiger partial charge in [0.15, 0.2) is 18.9 Å². The second-order valence-corrected chi connectivity index (χ2v) is 24.2. The van der Waals surface area contributed by atoms with Crippen molar-refractivity contribution in [2.24, 2.45) is 0 Å². The van der Waals surface area contributed by atoms with Crippen LogP contribution in [0.15, 0.2) is 85.1 Å². The van der Waals surface area contributed by atoms with Crippen molar-refractivity contribution in [3.05, 3.63) is 85.1 Å². The minimum Gasteiger partial charge on any atom is -0.394 e. The first-order valence-corrected chi connectivity index (χ1v) is 34.3. The normalized spacial score (nSPS) is 28.8. The van der Waals surface area contributed by atoms with Crippen LogP contribution in [0, 0.1) is 0 Å². The molecule has 0 aromatic carbocycles. The third-order valence-electron chi connectivity index (χ3n) is 16.7. The van der Waals surface area contributed by atoms with Gasteiger partial charge in [-0.2, -0.15) is 0 Å². The van der Waals surface area contributed by atoms with E-state index in [9.17, 15) is 61.0 Å². The number of nitrogens with one attached hydrogen (secondary N) is 1. The Balaban J connectivity index is 1.35. The molecular weight excluding hydrogens is 1140 g/mol. The van der Waals surface area contributed by atoms with Gasteiger partial charge < -0.3 is 89.9 Å². The molecular formula is C70H121NO18. The largest absolute Gasteiger partial charge is 0.394 e. The zero-order valence-corrected chi connectivity index (χ0v) is 54.1. The molecule has 17 atom stereocenters. The summed E-state index contributed by atoms with van der Waals surface area (Å²) in [5.41, 5.74) is 0. The van der Waals surface area contributed by atoms with Crippen molar-refractivity contribution in [3.8, 4) is 0 Å². The fourth-order valence-corrected chi connectivity index (χ4v) is 11.1. The second-order valence-electron chi connectivity index (χ2n) is 24.2. The molecule has 3 heterocycles. The lowest BCUT2D eigenvalue weighted by Gasteiger charge is -2.48. The molecule has 0 aromatic heterocycles. The van der Waals surface area contributed by atoms with Crippen LogP contribution in [-0.4, -0.2) is 193 Å². The highest BCUT2D eigenvalue weighted by Crippen LogP contribution is 2.33. The number of ether oxygens (including phenoxy) is 6. The van der Waals surface area contributed by atoms with Crippen molar-refractivity contribution in [2.45, 2.75) is 324 Å². The number of amides is 1. The van der Waals surface area contributed by atoms with E-state index < -0.39 is 124 Å². The molecule has 3 saturated heterocycles. The Bertz CT molecular complexity index is 1940. The standard InChI is InChI=1S/C70H121NO18/c1-3-5-7-9-11-13-15-16-17-18-19-20-21-22-23-24-25-26-27-28-29-30-31-32-33-34-35-36-38-40-42-44-46-48-58(76)71-53(54(75)47-45-43-41-39-37-14-12-10-8-6-4-2)52-84-68-64(82)61(79)66(56(50-73)86-68)89-70-65(83)62(80)67(57(51-74)87-70)88-69-63(81)60(78)59(77)55(49-72)85-69/h5,7,11,13,16-17,19-20,22-23,37,39,45,47,53-57,59-70,72-75,77-83H,3-4,6,8-10,12,14-15,18,21,24-36,38,40-44,46,48-52H2,1-2H3,(H,71,76)/b7-5-,13-11-,17-16-,20-19-,23-22-,39-37+,47-45+. The molecule has 12 N–H and O–H groups in total. The van der Waals surface area contributed by atoms with E-state index in [0.29, 0.717) is 12.8 Å². The fourth-order valence-electron chi connectivity index (χ4n) is 11.1. The van der Waals surface area contributed by atoms with Crippen LogP contribution in [0.2, 0.25) is 0 Å². The first kappa shape index (κ1) is 80.2. The number of carbonyl (C=O) groups is 1. The maximum absolute atomic E-state index is 13.4. The zero-order chi connectivity index (χ0) is 64.7. The average molecular weight is 1260 g/mol. The van der Waals surface area contributed by atoms with Crippen LogP contribution in [0.1, 0.15) is 219 Å². The lowest BCUT2D eigenvalue weighted by Crippen LogP contribution is -2.66. The monoisotopic (exact) mass is 1260 g/mol. The molecule has 3 aliphatic rings. The first-order valence-electron chi connectivity index (χ1n) is 34.3. The topological polar surface area (TPSA) is 307 Å². The molecule has 0 spiro atoms. The van der Waals surface area contributed by atoms with E-state index in [0.717, 1.165) is 70.6 Å². The Hall–Kier alpha value is -3.03. The van der Waals surface area contributed by atoms with Crippen LogP contribution in [0.25, 0.3) is 0 Å². The SMILES string of the molecule is CC/C=C\C/C=C\C/C=C\C/C=C\C/C=C\CCCCCCCCCCCCCCCCCCCC(=O)NC(COC1OC(CO)C(OC2OC(CO)C(OC3OC(CO)C(O)C(O)C3O)C(O)C2O)C(O)C1O)C(O)/C=C/CC/C=C/CCCCCCC. The van der Waals surface area contributed by atoms with Crippen LogP contribution in [0.3, 0.4) is 0 Å². The highest BCUT2D eigenvalue weighted by molar-refractivity contribution is 5.76. The van der Waals surface area contributed by atoms with Crippen LogP contribution in [0.4, 0.5) is 0 Å². The van der Waals surface area contributed by atoms with Gasteiger partial charge in [-0.25, -0.2) is 0 Å². The van der Waals surface area contributed by atoms with Gasteiger partial charge in [0.05, 0.1) is 38.6 Å². The fraction of sp³-hybridized carbons (Fsp3) is 0.786. The summed E-state index contributed by atoms with van der Waals surface area (Å²) in [5, 5.41) is 120. The molecule has 19 heteroatoms. The minimum atomic E-state index is -1.98. The minimum absolute atomic E-state index is 0.233. The van der Waals surface area contributed by atoms with Gasteiger partial charge in [-0.05, 0) is 77.0 Å². The molecule has 0 aromatic rings. The lowest BCUT2D eigenvalue weighted by molar-refractivity contribution is -0.379. The predicted molar refractivity (Wildman–Crippen MR) is 346 cm³/mol. The van der Waals surface area contributed by atoms with Crippen molar-refractivity contribution in [1.82, 2.24) is 5.32 Å². The van der Waals surface area contributed by atoms with Crippen molar-refractivity contribution >= 4 is 5.91 Å². The summed E-state index contributed by atoms with van der Waals surface area (Å²) in [6.45, 7) is 1.55. The molecule has 3 aliphatic heterocycles. The quantitative estimate of drug-likeness (QED) is 0.0200. The molecule has 3 fully saturated rings. The van der Waals surface area contributed by atoms with E-state index in [4.69, 9.17) is 28.4 Å². The van der Waals surface area contributed by atoms with E-state index in [1.165, 1.54) is 116 Å². The van der Waals surface area contributed by atoms with E-state index >= 15 is 0 Å². The molecule has 19 nitrogen and oxygen atoms in total. The summed E-state index contributed by atoms with van der Waals surface area (Å²) >= 11 is 0. The summed E-state index contributed by atoms with van der Waals surface area (Å²) in [4.78, 5) is 13.4. The molecule has 3 rings (SSSR count). The van der Waals surface area contributed by atoms with Gasteiger partial charge in [0.2, 0.25) is 5.91 Å². The smallest absolute Gasteiger partial charge is 0.220 e. The Morgan fingerprint density at radius 1 is 0.416 bits per heavy atom. The molecule has 1 amide bonds. The molecule has 0 bridgehead atoms. The lowest BCUT2D eigenvalue weighted by atomic mass is 9.96. The number of aliphatic hydroxyl groups excluding tert-OH is 11. The average Bonchev–Trinajstić information content (AvgIpc) is 1.33. The molecule has 17 unspecified atom stereocenters. The molecule has 0 aliphatic carbocycles. The van der Waals surface area contributed by atoms with Gasteiger partial charge in [0.1, 0.15) is 73.2 Å². The summed E-state index contributed by atoms with van der Waals surface area (Å²) in [6, 6.07) is -0.991. The number of carbonyl (C=O) groups excluding carboxylic acids is 1. The predicted octanol–water partition coefficient (Wildman–Crippen LogP) is 8.71. The zero-order valence-electron chi connectivity index (χ0n) is 54.1. The summed E-state index contributed by atoms with van der Waals surface area (Å²) in [6.07, 6.45) is 38.8. The number of hydrogen-bond acceptors (Lipinski definition) is 18. The van der Waals surface area contributed by atoms with Crippen LogP contribution < -0.4 is 5.32 Å². The van der Waals surface area contributed by atoms with Crippen molar-refractivity contribution < 1.29 is 89.4 Å². The first-order chi connectivity index (χ1) is 43.3. The number of unbranched alkanes of at least 4 members (excludes halogenated alkanes) is 23. The highest BCUT2D eigenvalue weighted by atomic mass is 16.8. The van der Waals surface area contributed by atoms with E-state index in [1.54, 1.807) is 6.08 Å². The third-order valence-corrected chi connectivity index (χ3v) is 16.7. The van der Waals surface area contributed by atoms with Gasteiger partial charge in [-0.15, -0.1) is 0 Å². The number of hydrogen-bond donors (Lipinski definition) is 12. The van der Waals surface area contributed by atoms with Gasteiger partial charge in [0, 0.05) is 6.42 Å². The van der Waals surface area contributed by atoms with Gasteiger partial charge >= 0.3 is 0 Å². The molecule has 0 radical (unpaired) electrons. The van der Waals surface area contributed by atoms with Gasteiger partial charge in [-0.1, -0.05) is 221 Å². The Kier molecular flexibility index (Phi) is 46.3.